The number of thiazole rings is 1. The Morgan fingerprint density at radius 3 is 2.95 bits per heavy atom. The van der Waals surface area contributed by atoms with Crippen LogP contribution >= 0.6 is 23.7 Å². The lowest BCUT2D eigenvalue weighted by Crippen LogP contribution is -2.35. The van der Waals surface area contributed by atoms with E-state index in [4.69, 9.17) is 5.73 Å². The summed E-state index contributed by atoms with van der Waals surface area (Å²) < 4.78 is 0. The number of amides is 1. The van der Waals surface area contributed by atoms with Gasteiger partial charge in [-0.15, -0.1) is 23.7 Å². The highest BCUT2D eigenvalue weighted by Gasteiger charge is 2.12. The van der Waals surface area contributed by atoms with Gasteiger partial charge < -0.3 is 11.1 Å². The average molecular weight is 312 g/mol. The molecule has 20 heavy (non-hydrogen) atoms. The number of carbonyl (C=O) groups excluding carboxylic acids is 1. The first-order chi connectivity index (χ1) is 9.20. The Morgan fingerprint density at radius 2 is 2.30 bits per heavy atom. The number of aromatic nitrogens is 1. The third-order valence-corrected chi connectivity index (χ3v) is 3.57. The summed E-state index contributed by atoms with van der Waals surface area (Å²) in [5, 5.41) is 5.71. The van der Waals surface area contributed by atoms with E-state index in [1.54, 1.807) is 17.5 Å². The number of carbonyl (C=O) groups is 1. The lowest BCUT2D eigenvalue weighted by molar-refractivity contribution is -0.117. The Hall–Kier alpha value is -1.43. The minimum Gasteiger partial charge on any atom is -0.325 e. The Labute approximate surface area is 128 Å². The van der Waals surface area contributed by atoms with Crippen LogP contribution in [0.5, 0.6) is 0 Å². The molecule has 1 unspecified atom stereocenters. The van der Waals surface area contributed by atoms with Crippen molar-refractivity contribution in [2.75, 3.05) is 5.32 Å². The second-order valence-electron chi connectivity index (χ2n) is 4.30. The molecule has 1 aromatic heterocycles. The summed E-state index contributed by atoms with van der Waals surface area (Å²) in [6.45, 7) is 2.01. The maximum absolute atomic E-state index is 11.9. The predicted octanol–water partition coefficient (Wildman–Crippen LogP) is 3.30. The largest absolute Gasteiger partial charge is 0.325 e. The molecule has 1 aromatic carbocycles. The Balaban J connectivity index is 0.00000200. The molecule has 1 amide bonds. The molecule has 2 rings (SSSR count). The normalized spacial score (nSPS) is 11.5. The number of rotatable bonds is 5. The molecule has 0 aliphatic rings. The van der Waals surface area contributed by atoms with Crippen LogP contribution in [0.1, 0.15) is 19.8 Å². The Kier molecular flexibility index (Phi) is 6.64. The van der Waals surface area contributed by atoms with E-state index in [9.17, 15) is 4.79 Å². The zero-order valence-corrected chi connectivity index (χ0v) is 12.8. The smallest absolute Gasteiger partial charge is 0.241 e. The standard InChI is InChI=1S/C14H17N3OS.ClH/c1-2-4-12(15)13(18)17-11-6-3-5-10(9-11)14-16-7-8-19-14;/h3,5-9,12H,2,4,15H2,1H3,(H,17,18);1H. The monoisotopic (exact) mass is 311 g/mol. The molecule has 0 spiro atoms. The van der Waals surface area contributed by atoms with Gasteiger partial charge in [0.25, 0.3) is 0 Å². The molecule has 3 N–H and O–H groups in total. The SMILES string of the molecule is CCCC(N)C(=O)Nc1cccc(-c2nccs2)c1.Cl. The molecule has 1 heterocycles. The van der Waals surface area contributed by atoms with E-state index in [0.717, 1.165) is 22.7 Å². The van der Waals surface area contributed by atoms with Gasteiger partial charge in [0.2, 0.25) is 5.91 Å². The Morgan fingerprint density at radius 1 is 1.50 bits per heavy atom. The summed E-state index contributed by atoms with van der Waals surface area (Å²) in [7, 11) is 0. The van der Waals surface area contributed by atoms with Gasteiger partial charge in [-0.2, -0.15) is 0 Å². The second-order valence-corrected chi connectivity index (χ2v) is 5.20. The molecular weight excluding hydrogens is 294 g/mol. The van der Waals surface area contributed by atoms with Crippen LogP contribution in [0.4, 0.5) is 5.69 Å². The first kappa shape index (κ1) is 16.6. The maximum Gasteiger partial charge on any atom is 0.241 e. The molecule has 2 aromatic rings. The number of benzene rings is 1. The number of nitrogens with zero attached hydrogens (tertiary/aromatic N) is 1. The summed E-state index contributed by atoms with van der Waals surface area (Å²) in [5.74, 6) is -0.141. The number of hydrogen-bond acceptors (Lipinski definition) is 4. The second kappa shape index (κ2) is 7.99. The predicted molar refractivity (Wildman–Crippen MR) is 86.3 cm³/mol. The third-order valence-electron chi connectivity index (χ3n) is 2.75. The quantitative estimate of drug-likeness (QED) is 0.890. The van der Waals surface area contributed by atoms with Crippen LogP contribution in [0.25, 0.3) is 10.6 Å². The number of anilines is 1. The van der Waals surface area contributed by atoms with Crippen LogP contribution in [0, 0.1) is 0 Å². The van der Waals surface area contributed by atoms with Crippen LogP contribution in [0.2, 0.25) is 0 Å². The maximum atomic E-state index is 11.9. The molecule has 0 bridgehead atoms. The third kappa shape index (κ3) is 4.30. The molecule has 0 saturated heterocycles. The van der Waals surface area contributed by atoms with E-state index in [2.05, 4.69) is 10.3 Å². The van der Waals surface area contributed by atoms with Crippen molar-refractivity contribution in [2.45, 2.75) is 25.8 Å². The van der Waals surface area contributed by atoms with Crippen LogP contribution < -0.4 is 11.1 Å². The van der Waals surface area contributed by atoms with Gasteiger partial charge in [-0.05, 0) is 18.6 Å². The lowest BCUT2D eigenvalue weighted by atomic mass is 10.1. The van der Waals surface area contributed by atoms with Gasteiger partial charge in [-0.25, -0.2) is 4.98 Å². The minimum absolute atomic E-state index is 0. The van der Waals surface area contributed by atoms with Crippen LogP contribution in [0.3, 0.4) is 0 Å². The van der Waals surface area contributed by atoms with Gasteiger partial charge in [0.05, 0.1) is 6.04 Å². The molecule has 0 aliphatic carbocycles. The van der Waals surface area contributed by atoms with E-state index in [-0.39, 0.29) is 18.3 Å². The summed E-state index contributed by atoms with van der Waals surface area (Å²) in [6.07, 6.45) is 3.36. The van der Waals surface area contributed by atoms with Crippen molar-refractivity contribution >= 4 is 35.3 Å². The molecule has 0 aliphatic heterocycles. The molecule has 6 heteroatoms. The van der Waals surface area contributed by atoms with E-state index >= 15 is 0 Å². The first-order valence-corrected chi connectivity index (χ1v) is 7.15. The van der Waals surface area contributed by atoms with Gasteiger partial charge in [0.15, 0.2) is 0 Å². The number of nitrogens with two attached hydrogens (primary N) is 1. The molecule has 4 nitrogen and oxygen atoms in total. The molecule has 0 saturated carbocycles. The van der Waals surface area contributed by atoms with Crippen molar-refractivity contribution in [2.24, 2.45) is 5.73 Å². The zero-order valence-electron chi connectivity index (χ0n) is 11.2. The van der Waals surface area contributed by atoms with Gasteiger partial charge in [-0.1, -0.05) is 25.5 Å². The van der Waals surface area contributed by atoms with Gasteiger partial charge in [0, 0.05) is 22.8 Å². The lowest BCUT2D eigenvalue weighted by Gasteiger charge is -2.11. The van der Waals surface area contributed by atoms with Gasteiger partial charge in [0.1, 0.15) is 5.01 Å². The zero-order chi connectivity index (χ0) is 13.7. The molecule has 0 radical (unpaired) electrons. The van der Waals surface area contributed by atoms with Crippen LogP contribution in [-0.2, 0) is 4.79 Å². The van der Waals surface area contributed by atoms with Crippen molar-refractivity contribution in [3.63, 3.8) is 0 Å². The van der Waals surface area contributed by atoms with E-state index in [0.29, 0.717) is 6.42 Å². The van der Waals surface area contributed by atoms with Crippen molar-refractivity contribution < 1.29 is 4.79 Å². The van der Waals surface area contributed by atoms with E-state index < -0.39 is 6.04 Å². The van der Waals surface area contributed by atoms with E-state index in [1.165, 1.54) is 0 Å². The summed E-state index contributed by atoms with van der Waals surface area (Å²) in [4.78, 5) is 16.1. The first-order valence-electron chi connectivity index (χ1n) is 6.27. The minimum atomic E-state index is -0.450. The summed E-state index contributed by atoms with van der Waals surface area (Å²) in [6, 6.07) is 7.19. The molecule has 108 valence electrons. The summed E-state index contributed by atoms with van der Waals surface area (Å²) in [5.41, 5.74) is 7.54. The van der Waals surface area contributed by atoms with Crippen LogP contribution in [-0.4, -0.2) is 16.9 Å². The molecule has 1 atom stereocenters. The fourth-order valence-corrected chi connectivity index (χ4v) is 2.41. The number of halogens is 1. The fourth-order valence-electron chi connectivity index (χ4n) is 1.77. The van der Waals surface area contributed by atoms with Crippen molar-refractivity contribution in [1.29, 1.82) is 0 Å². The van der Waals surface area contributed by atoms with Gasteiger partial charge in [-0.3, -0.25) is 4.79 Å². The van der Waals surface area contributed by atoms with Gasteiger partial charge >= 0.3 is 0 Å². The average Bonchev–Trinajstić information content (AvgIpc) is 2.93. The highest BCUT2D eigenvalue weighted by Crippen LogP contribution is 2.24. The molecule has 0 fully saturated rings. The van der Waals surface area contributed by atoms with Crippen molar-refractivity contribution in [3.8, 4) is 10.6 Å². The fraction of sp³-hybridized carbons (Fsp3) is 0.286. The van der Waals surface area contributed by atoms with Crippen molar-refractivity contribution in [3.05, 3.63) is 35.8 Å². The molecular formula is C14H18ClN3OS. The highest BCUT2D eigenvalue weighted by atomic mass is 35.5. The van der Waals surface area contributed by atoms with E-state index in [1.807, 2.05) is 36.6 Å². The topological polar surface area (TPSA) is 68.0 Å². The number of nitrogens with one attached hydrogen (secondary N) is 1. The van der Waals surface area contributed by atoms with Crippen molar-refractivity contribution in [1.82, 2.24) is 4.98 Å². The number of hydrogen-bond donors (Lipinski definition) is 2. The van der Waals surface area contributed by atoms with Crippen LogP contribution in [0.15, 0.2) is 35.8 Å². The highest BCUT2D eigenvalue weighted by molar-refractivity contribution is 7.13. The Bertz CT molecular complexity index is 545. The summed E-state index contributed by atoms with van der Waals surface area (Å²) >= 11 is 1.57.